The Morgan fingerprint density at radius 2 is 2.11 bits per heavy atom. The average molecular weight is 398 g/mol. The SMILES string of the molecule is CCCCSc1nnc(NC(=O)Cc2coc3ccc4ccccc4c23)s1. The average Bonchev–Trinajstić information content (AvgIpc) is 3.29. The molecule has 0 spiro atoms. The van der Waals surface area contributed by atoms with Crippen LogP contribution in [-0.4, -0.2) is 21.9 Å². The smallest absolute Gasteiger partial charge is 0.230 e. The molecule has 0 atom stereocenters. The summed E-state index contributed by atoms with van der Waals surface area (Å²) in [7, 11) is 0. The van der Waals surface area contributed by atoms with E-state index in [0.29, 0.717) is 5.13 Å². The van der Waals surface area contributed by atoms with E-state index in [0.717, 1.165) is 50.2 Å². The molecule has 1 N–H and O–H groups in total. The van der Waals surface area contributed by atoms with Crippen molar-refractivity contribution in [2.24, 2.45) is 0 Å². The number of hydrogen-bond donors (Lipinski definition) is 1. The Balaban J connectivity index is 1.49. The highest BCUT2D eigenvalue weighted by Gasteiger charge is 2.15. The number of benzene rings is 2. The number of carbonyl (C=O) groups excluding carboxylic acids is 1. The highest BCUT2D eigenvalue weighted by atomic mass is 32.2. The van der Waals surface area contributed by atoms with Crippen molar-refractivity contribution in [2.45, 2.75) is 30.5 Å². The maximum Gasteiger partial charge on any atom is 0.230 e. The molecule has 4 rings (SSSR count). The van der Waals surface area contributed by atoms with Crippen LogP contribution >= 0.6 is 23.1 Å². The van der Waals surface area contributed by atoms with Crippen LogP contribution in [0.25, 0.3) is 21.7 Å². The number of nitrogens with one attached hydrogen (secondary N) is 1. The van der Waals surface area contributed by atoms with Gasteiger partial charge in [0.1, 0.15) is 5.58 Å². The zero-order chi connectivity index (χ0) is 18.6. The number of nitrogens with zero attached hydrogens (tertiary/aromatic N) is 2. The van der Waals surface area contributed by atoms with Crippen LogP contribution in [-0.2, 0) is 11.2 Å². The molecule has 7 heteroatoms. The largest absolute Gasteiger partial charge is 0.464 e. The Bertz CT molecular complexity index is 1090. The first-order valence-corrected chi connectivity index (χ1v) is 10.7. The number of unbranched alkanes of at least 4 members (excludes halogenated alkanes) is 1. The molecule has 0 aliphatic heterocycles. The summed E-state index contributed by atoms with van der Waals surface area (Å²) in [5.41, 5.74) is 1.67. The van der Waals surface area contributed by atoms with Crippen molar-refractivity contribution in [1.29, 1.82) is 0 Å². The molecule has 2 aromatic heterocycles. The second-order valence-corrected chi connectivity index (χ2v) is 8.54. The summed E-state index contributed by atoms with van der Waals surface area (Å²) >= 11 is 3.10. The lowest BCUT2D eigenvalue weighted by Gasteiger charge is -2.02. The van der Waals surface area contributed by atoms with E-state index in [1.54, 1.807) is 18.0 Å². The molecule has 5 nitrogen and oxygen atoms in total. The molecule has 138 valence electrons. The van der Waals surface area contributed by atoms with Crippen molar-refractivity contribution >= 4 is 55.9 Å². The molecule has 0 bridgehead atoms. The molecule has 2 aromatic carbocycles. The van der Waals surface area contributed by atoms with Gasteiger partial charge < -0.3 is 9.73 Å². The van der Waals surface area contributed by atoms with Crippen LogP contribution in [0.15, 0.2) is 51.4 Å². The van der Waals surface area contributed by atoms with E-state index < -0.39 is 0 Å². The lowest BCUT2D eigenvalue weighted by molar-refractivity contribution is -0.115. The van der Waals surface area contributed by atoms with Gasteiger partial charge in [-0.25, -0.2) is 0 Å². The predicted molar refractivity (Wildman–Crippen MR) is 112 cm³/mol. The first kappa shape index (κ1) is 18.0. The summed E-state index contributed by atoms with van der Waals surface area (Å²) < 4.78 is 6.55. The maximum absolute atomic E-state index is 12.5. The normalized spacial score (nSPS) is 11.3. The van der Waals surface area contributed by atoms with Crippen LogP contribution in [0.2, 0.25) is 0 Å². The molecule has 0 aliphatic carbocycles. The number of carbonyl (C=O) groups is 1. The quantitative estimate of drug-likeness (QED) is 0.253. The third-order valence-corrected chi connectivity index (χ3v) is 6.33. The minimum Gasteiger partial charge on any atom is -0.464 e. The summed E-state index contributed by atoms with van der Waals surface area (Å²) in [6, 6.07) is 12.1. The van der Waals surface area contributed by atoms with Crippen molar-refractivity contribution in [2.75, 3.05) is 11.1 Å². The number of furan rings is 1. The Kier molecular flexibility index (Phi) is 5.40. The van der Waals surface area contributed by atoms with Crippen molar-refractivity contribution in [1.82, 2.24) is 10.2 Å². The summed E-state index contributed by atoms with van der Waals surface area (Å²) in [5.74, 6) is 0.902. The maximum atomic E-state index is 12.5. The van der Waals surface area contributed by atoms with Gasteiger partial charge in [0.15, 0.2) is 4.34 Å². The van der Waals surface area contributed by atoms with Gasteiger partial charge in [0.2, 0.25) is 11.0 Å². The molecule has 1 amide bonds. The standard InChI is InChI=1S/C20H19N3O2S2/c1-2-3-10-26-20-23-22-19(27-20)21-17(24)11-14-12-25-16-9-8-13-6-4-5-7-15(13)18(14)16/h4-9,12H,2-3,10-11H2,1H3,(H,21,22,24). The number of rotatable bonds is 7. The van der Waals surface area contributed by atoms with Gasteiger partial charge in [-0.05, 0) is 23.3 Å². The van der Waals surface area contributed by atoms with Crippen LogP contribution in [0.5, 0.6) is 0 Å². The molecule has 0 saturated carbocycles. The summed E-state index contributed by atoms with van der Waals surface area (Å²) in [6.07, 6.45) is 4.21. The number of fused-ring (bicyclic) bond motifs is 3. The van der Waals surface area contributed by atoms with Crippen LogP contribution in [0, 0.1) is 0 Å². The molecular weight excluding hydrogens is 378 g/mol. The van der Waals surface area contributed by atoms with Gasteiger partial charge in [-0.3, -0.25) is 4.79 Å². The van der Waals surface area contributed by atoms with Crippen LogP contribution in [0.1, 0.15) is 25.3 Å². The van der Waals surface area contributed by atoms with Crippen LogP contribution in [0.3, 0.4) is 0 Å². The third kappa shape index (κ3) is 3.99. The van der Waals surface area contributed by atoms with Crippen molar-refractivity contribution < 1.29 is 9.21 Å². The lowest BCUT2D eigenvalue weighted by atomic mass is 10.0. The van der Waals surface area contributed by atoms with Gasteiger partial charge in [-0.1, -0.05) is 66.8 Å². The number of anilines is 1. The van der Waals surface area contributed by atoms with E-state index in [2.05, 4.69) is 34.6 Å². The van der Waals surface area contributed by atoms with E-state index in [-0.39, 0.29) is 12.3 Å². The van der Waals surface area contributed by atoms with Crippen molar-refractivity contribution in [3.8, 4) is 0 Å². The van der Waals surface area contributed by atoms with Gasteiger partial charge in [0.05, 0.1) is 12.7 Å². The fraction of sp³-hybridized carbons (Fsp3) is 0.250. The van der Waals surface area contributed by atoms with Gasteiger partial charge >= 0.3 is 0 Å². The van der Waals surface area contributed by atoms with Crippen molar-refractivity contribution in [3.05, 3.63) is 48.2 Å². The fourth-order valence-electron chi connectivity index (χ4n) is 2.96. The Hall–Kier alpha value is -2.38. The minimum absolute atomic E-state index is 0.119. The number of amides is 1. The summed E-state index contributed by atoms with van der Waals surface area (Å²) in [6.45, 7) is 2.16. The molecule has 0 fully saturated rings. The molecule has 0 aliphatic rings. The predicted octanol–water partition coefficient (Wildman–Crippen LogP) is 5.51. The second-order valence-electron chi connectivity index (χ2n) is 6.22. The fourth-order valence-corrected chi connectivity index (χ4v) is 4.89. The Morgan fingerprint density at radius 1 is 1.22 bits per heavy atom. The van der Waals surface area contributed by atoms with E-state index in [9.17, 15) is 4.79 Å². The highest BCUT2D eigenvalue weighted by molar-refractivity contribution is 8.01. The molecular formula is C20H19N3O2S2. The zero-order valence-electron chi connectivity index (χ0n) is 14.9. The first-order valence-electron chi connectivity index (χ1n) is 8.88. The second kappa shape index (κ2) is 8.10. The van der Waals surface area contributed by atoms with Gasteiger partial charge in [0.25, 0.3) is 0 Å². The molecule has 27 heavy (non-hydrogen) atoms. The topological polar surface area (TPSA) is 68.0 Å². The monoisotopic (exact) mass is 397 g/mol. The number of hydrogen-bond acceptors (Lipinski definition) is 6. The van der Waals surface area contributed by atoms with Crippen LogP contribution in [0.4, 0.5) is 5.13 Å². The highest BCUT2D eigenvalue weighted by Crippen LogP contribution is 2.31. The molecule has 0 saturated heterocycles. The first-order chi connectivity index (χ1) is 13.2. The van der Waals surface area contributed by atoms with Gasteiger partial charge in [-0.15, -0.1) is 10.2 Å². The van der Waals surface area contributed by atoms with Gasteiger partial charge in [0, 0.05) is 16.7 Å². The number of thioether (sulfide) groups is 1. The zero-order valence-corrected chi connectivity index (χ0v) is 16.5. The molecule has 0 radical (unpaired) electrons. The van der Waals surface area contributed by atoms with E-state index in [1.165, 1.54) is 11.3 Å². The summed E-state index contributed by atoms with van der Waals surface area (Å²) in [4.78, 5) is 12.5. The number of aromatic nitrogens is 2. The summed E-state index contributed by atoms with van der Waals surface area (Å²) in [5, 5.41) is 14.8. The molecule has 4 aromatic rings. The Morgan fingerprint density at radius 3 is 3.00 bits per heavy atom. The van der Waals surface area contributed by atoms with Crippen molar-refractivity contribution in [3.63, 3.8) is 0 Å². The lowest BCUT2D eigenvalue weighted by Crippen LogP contribution is -2.14. The van der Waals surface area contributed by atoms with Gasteiger partial charge in [-0.2, -0.15) is 0 Å². The van der Waals surface area contributed by atoms with E-state index in [1.807, 2.05) is 24.3 Å². The van der Waals surface area contributed by atoms with E-state index in [4.69, 9.17) is 4.42 Å². The minimum atomic E-state index is -0.119. The van der Waals surface area contributed by atoms with E-state index >= 15 is 0 Å². The Labute approximate surface area is 165 Å². The van der Waals surface area contributed by atoms with Crippen LogP contribution < -0.4 is 5.32 Å². The third-order valence-electron chi connectivity index (χ3n) is 4.27. The molecule has 2 heterocycles. The molecule has 0 unspecified atom stereocenters.